The van der Waals surface area contributed by atoms with Crippen molar-refractivity contribution in [1.82, 2.24) is 0 Å². The third kappa shape index (κ3) is 4.21. The number of rotatable bonds is 4. The molecule has 0 spiro atoms. The quantitative estimate of drug-likeness (QED) is 0.883. The number of hydrogen-bond donors (Lipinski definition) is 1. The van der Waals surface area contributed by atoms with Gasteiger partial charge in [0.2, 0.25) is 0 Å². The van der Waals surface area contributed by atoms with Crippen molar-refractivity contribution in [3.8, 4) is 11.5 Å². The Bertz CT molecular complexity index is 526. The molecule has 5 heteroatoms. The smallest absolute Gasteiger partial charge is 0.405 e. The van der Waals surface area contributed by atoms with E-state index in [0.29, 0.717) is 17.2 Å². The standard InChI is InChI=1S/C14H12F3NO/c15-14(16,17)10-18-12-8-4-5-9-13(12)19-11-6-2-1-3-7-11/h1-9,18H,10H2. The van der Waals surface area contributed by atoms with Gasteiger partial charge in [0, 0.05) is 0 Å². The number of para-hydroxylation sites is 3. The summed E-state index contributed by atoms with van der Waals surface area (Å²) in [7, 11) is 0. The van der Waals surface area contributed by atoms with Crippen LogP contribution in [0.25, 0.3) is 0 Å². The molecular weight excluding hydrogens is 255 g/mol. The van der Waals surface area contributed by atoms with Crippen LogP contribution in [0.15, 0.2) is 54.6 Å². The maximum Gasteiger partial charge on any atom is 0.405 e. The van der Waals surface area contributed by atoms with E-state index in [2.05, 4.69) is 5.32 Å². The highest BCUT2D eigenvalue weighted by atomic mass is 19.4. The molecule has 0 amide bonds. The zero-order valence-corrected chi connectivity index (χ0v) is 9.95. The van der Waals surface area contributed by atoms with Crippen LogP contribution in [0.2, 0.25) is 0 Å². The largest absolute Gasteiger partial charge is 0.455 e. The number of benzene rings is 2. The summed E-state index contributed by atoms with van der Waals surface area (Å²) in [6.45, 7) is -1.10. The zero-order valence-electron chi connectivity index (χ0n) is 9.95. The lowest BCUT2D eigenvalue weighted by atomic mass is 10.3. The van der Waals surface area contributed by atoms with E-state index in [9.17, 15) is 13.2 Å². The summed E-state index contributed by atoms with van der Waals surface area (Å²) in [6.07, 6.45) is -4.26. The van der Waals surface area contributed by atoms with Crippen LogP contribution in [0.5, 0.6) is 11.5 Å². The van der Waals surface area contributed by atoms with Crippen molar-refractivity contribution in [2.75, 3.05) is 11.9 Å². The van der Waals surface area contributed by atoms with Crippen LogP contribution in [0.1, 0.15) is 0 Å². The number of nitrogens with one attached hydrogen (secondary N) is 1. The molecule has 0 atom stereocenters. The fourth-order valence-corrected chi connectivity index (χ4v) is 1.51. The van der Waals surface area contributed by atoms with Crippen molar-refractivity contribution in [1.29, 1.82) is 0 Å². The first kappa shape index (κ1) is 13.3. The molecule has 2 aromatic rings. The molecule has 0 saturated carbocycles. The number of alkyl halides is 3. The van der Waals surface area contributed by atoms with Gasteiger partial charge in [0.25, 0.3) is 0 Å². The topological polar surface area (TPSA) is 21.3 Å². The maximum absolute atomic E-state index is 12.2. The summed E-state index contributed by atoms with van der Waals surface area (Å²) < 4.78 is 42.1. The number of anilines is 1. The van der Waals surface area contributed by atoms with Gasteiger partial charge in [-0.05, 0) is 24.3 Å². The minimum Gasteiger partial charge on any atom is -0.455 e. The molecular formula is C14H12F3NO. The summed E-state index contributed by atoms with van der Waals surface area (Å²) in [4.78, 5) is 0. The van der Waals surface area contributed by atoms with Crippen LogP contribution in [0.4, 0.5) is 18.9 Å². The molecule has 1 N–H and O–H groups in total. The summed E-state index contributed by atoms with van der Waals surface area (Å²) >= 11 is 0. The second-order valence-electron chi connectivity index (χ2n) is 3.88. The van der Waals surface area contributed by atoms with Crippen LogP contribution in [-0.4, -0.2) is 12.7 Å². The summed E-state index contributed by atoms with van der Waals surface area (Å²) in [5.41, 5.74) is 0.309. The molecule has 2 rings (SSSR count). The predicted molar refractivity (Wildman–Crippen MR) is 67.5 cm³/mol. The molecule has 0 aromatic heterocycles. The van der Waals surface area contributed by atoms with E-state index in [4.69, 9.17) is 4.74 Å². The minimum absolute atomic E-state index is 0.309. The number of ether oxygens (including phenoxy) is 1. The monoisotopic (exact) mass is 267 g/mol. The Morgan fingerprint density at radius 2 is 1.53 bits per heavy atom. The van der Waals surface area contributed by atoms with Gasteiger partial charge in [-0.25, -0.2) is 0 Å². The highest BCUT2D eigenvalue weighted by Gasteiger charge is 2.27. The Balaban J connectivity index is 2.12. The van der Waals surface area contributed by atoms with Gasteiger partial charge in [0.1, 0.15) is 12.3 Å². The third-order valence-electron chi connectivity index (χ3n) is 2.34. The lowest BCUT2D eigenvalue weighted by molar-refractivity contribution is -0.115. The van der Waals surface area contributed by atoms with Crippen molar-refractivity contribution in [3.63, 3.8) is 0 Å². The first-order chi connectivity index (χ1) is 9.04. The highest BCUT2D eigenvalue weighted by Crippen LogP contribution is 2.29. The van der Waals surface area contributed by atoms with E-state index in [0.717, 1.165) is 0 Å². The van der Waals surface area contributed by atoms with Gasteiger partial charge in [0.05, 0.1) is 5.69 Å². The molecule has 2 nitrogen and oxygen atoms in total. The van der Waals surface area contributed by atoms with E-state index < -0.39 is 12.7 Å². The molecule has 0 unspecified atom stereocenters. The van der Waals surface area contributed by atoms with Crippen LogP contribution >= 0.6 is 0 Å². The first-order valence-electron chi connectivity index (χ1n) is 5.67. The van der Waals surface area contributed by atoms with Gasteiger partial charge in [-0.2, -0.15) is 13.2 Å². The summed E-state index contributed by atoms with van der Waals surface area (Å²) in [5.74, 6) is 0.932. The molecule has 0 saturated heterocycles. The van der Waals surface area contributed by atoms with Gasteiger partial charge in [0.15, 0.2) is 5.75 Å². The predicted octanol–water partition coefficient (Wildman–Crippen LogP) is 4.45. The van der Waals surface area contributed by atoms with Gasteiger partial charge < -0.3 is 10.1 Å². The Morgan fingerprint density at radius 3 is 2.21 bits per heavy atom. The van der Waals surface area contributed by atoms with Crippen molar-refractivity contribution >= 4 is 5.69 Å². The molecule has 2 aromatic carbocycles. The zero-order chi connectivity index (χ0) is 13.7. The fourth-order valence-electron chi connectivity index (χ4n) is 1.51. The Morgan fingerprint density at radius 1 is 0.895 bits per heavy atom. The van der Waals surface area contributed by atoms with E-state index >= 15 is 0 Å². The van der Waals surface area contributed by atoms with E-state index in [1.807, 2.05) is 6.07 Å². The third-order valence-corrected chi connectivity index (χ3v) is 2.34. The molecule has 0 radical (unpaired) electrons. The first-order valence-corrected chi connectivity index (χ1v) is 5.67. The summed E-state index contributed by atoms with van der Waals surface area (Å²) in [5, 5.41) is 2.32. The van der Waals surface area contributed by atoms with Gasteiger partial charge in [-0.3, -0.25) is 0 Å². The van der Waals surface area contributed by atoms with E-state index in [1.54, 1.807) is 48.5 Å². The minimum atomic E-state index is -4.26. The lowest BCUT2D eigenvalue weighted by Crippen LogP contribution is -2.21. The van der Waals surface area contributed by atoms with Crippen LogP contribution in [-0.2, 0) is 0 Å². The van der Waals surface area contributed by atoms with Crippen LogP contribution in [0.3, 0.4) is 0 Å². The lowest BCUT2D eigenvalue weighted by Gasteiger charge is -2.14. The fraction of sp³-hybridized carbons (Fsp3) is 0.143. The SMILES string of the molecule is FC(F)(F)CNc1ccccc1Oc1ccccc1. The highest BCUT2D eigenvalue weighted by molar-refractivity contribution is 5.57. The molecule has 0 aliphatic carbocycles. The number of hydrogen-bond acceptors (Lipinski definition) is 2. The Labute approximate surface area is 108 Å². The van der Waals surface area contributed by atoms with Crippen molar-refractivity contribution in [2.24, 2.45) is 0 Å². The second-order valence-corrected chi connectivity index (χ2v) is 3.88. The molecule has 0 heterocycles. The molecule has 0 fully saturated rings. The van der Waals surface area contributed by atoms with E-state index in [1.165, 1.54) is 0 Å². The van der Waals surface area contributed by atoms with Crippen molar-refractivity contribution in [2.45, 2.75) is 6.18 Å². The average molecular weight is 267 g/mol. The Kier molecular flexibility index (Phi) is 3.94. The normalized spacial score (nSPS) is 11.1. The summed E-state index contributed by atoms with van der Waals surface area (Å²) in [6, 6.07) is 15.4. The molecule has 0 aliphatic rings. The molecule has 0 aliphatic heterocycles. The second kappa shape index (κ2) is 5.65. The van der Waals surface area contributed by atoms with E-state index in [-0.39, 0.29) is 0 Å². The molecule has 100 valence electrons. The van der Waals surface area contributed by atoms with Crippen LogP contribution in [0, 0.1) is 0 Å². The molecule has 19 heavy (non-hydrogen) atoms. The average Bonchev–Trinajstić information content (AvgIpc) is 2.38. The number of halogens is 3. The van der Waals surface area contributed by atoms with Gasteiger partial charge in [-0.1, -0.05) is 30.3 Å². The van der Waals surface area contributed by atoms with Crippen LogP contribution < -0.4 is 10.1 Å². The van der Waals surface area contributed by atoms with Gasteiger partial charge in [-0.15, -0.1) is 0 Å². The molecule has 0 bridgehead atoms. The van der Waals surface area contributed by atoms with Gasteiger partial charge >= 0.3 is 6.18 Å². The van der Waals surface area contributed by atoms with Crippen molar-refractivity contribution < 1.29 is 17.9 Å². The maximum atomic E-state index is 12.2. The van der Waals surface area contributed by atoms with Crippen molar-refractivity contribution in [3.05, 3.63) is 54.6 Å². The Hall–Kier alpha value is -2.17.